The molecule has 1 rings (SSSR count). The topological polar surface area (TPSA) is 57.6 Å². The van der Waals surface area contributed by atoms with E-state index in [0.717, 1.165) is 12.2 Å². The Labute approximate surface area is 117 Å². The van der Waals surface area contributed by atoms with Crippen LogP contribution in [0.15, 0.2) is 35.2 Å². The second kappa shape index (κ2) is 7.84. The lowest BCUT2D eigenvalue weighted by atomic mass is 10.2. The highest BCUT2D eigenvalue weighted by Crippen LogP contribution is 2.18. The van der Waals surface area contributed by atoms with Crippen LogP contribution in [0.4, 0.5) is 0 Å². The van der Waals surface area contributed by atoms with Crippen LogP contribution in [0, 0.1) is 0 Å². The molecule has 0 saturated heterocycles. The molecule has 1 aromatic carbocycles. The average molecular weight is 281 g/mol. The average Bonchev–Trinajstić information content (AvgIpc) is 2.42. The molecule has 19 heavy (non-hydrogen) atoms. The van der Waals surface area contributed by atoms with Crippen LogP contribution in [0.3, 0.4) is 0 Å². The number of benzene rings is 1. The summed E-state index contributed by atoms with van der Waals surface area (Å²) in [5.41, 5.74) is 0. The maximum Gasteiger partial charge on any atom is 0.326 e. The number of amides is 1. The molecule has 1 aromatic rings. The van der Waals surface area contributed by atoms with Crippen molar-refractivity contribution in [3.05, 3.63) is 30.3 Å². The molecule has 104 valence electrons. The molecule has 0 aliphatic heterocycles. The Bertz CT molecular complexity index is 422. The third kappa shape index (κ3) is 5.34. The van der Waals surface area contributed by atoms with Gasteiger partial charge < -0.3 is 10.0 Å². The number of carbonyl (C=O) groups excluding carboxylic acids is 1. The van der Waals surface area contributed by atoms with Gasteiger partial charge in [0.25, 0.3) is 0 Å². The number of hydrogen-bond donors (Lipinski definition) is 1. The maximum absolute atomic E-state index is 11.8. The smallest absolute Gasteiger partial charge is 0.326 e. The van der Waals surface area contributed by atoms with Gasteiger partial charge in [-0.25, -0.2) is 4.79 Å². The molecule has 1 atom stereocenters. The van der Waals surface area contributed by atoms with E-state index in [2.05, 4.69) is 0 Å². The Morgan fingerprint density at radius 3 is 2.53 bits per heavy atom. The highest BCUT2D eigenvalue weighted by Gasteiger charge is 2.20. The molecule has 0 aliphatic carbocycles. The molecule has 0 radical (unpaired) electrons. The lowest BCUT2D eigenvalue weighted by Crippen LogP contribution is -2.40. The lowest BCUT2D eigenvalue weighted by molar-refractivity contribution is -0.148. The summed E-state index contributed by atoms with van der Waals surface area (Å²) in [6.45, 7) is 1.51. The summed E-state index contributed by atoms with van der Waals surface area (Å²) in [6, 6.07) is 9.23. The van der Waals surface area contributed by atoms with Gasteiger partial charge in [-0.3, -0.25) is 4.79 Å². The molecule has 0 spiro atoms. The molecule has 1 N–H and O–H groups in total. The Kier molecular flexibility index (Phi) is 6.42. The molecule has 5 heteroatoms. The number of carboxylic acids is 1. The van der Waals surface area contributed by atoms with Crippen molar-refractivity contribution in [3.8, 4) is 0 Å². The zero-order valence-electron chi connectivity index (χ0n) is 11.2. The summed E-state index contributed by atoms with van der Waals surface area (Å²) in [7, 11) is 1.53. The molecule has 0 aliphatic rings. The molecular weight excluding hydrogens is 262 g/mol. The number of carbonyl (C=O) groups is 2. The van der Waals surface area contributed by atoms with Crippen LogP contribution < -0.4 is 0 Å². The second-order valence-electron chi connectivity index (χ2n) is 4.28. The van der Waals surface area contributed by atoms with Crippen LogP contribution in [0.1, 0.15) is 19.8 Å². The van der Waals surface area contributed by atoms with Gasteiger partial charge in [0.1, 0.15) is 6.04 Å². The normalized spacial score (nSPS) is 11.9. The third-order valence-electron chi connectivity index (χ3n) is 2.88. The molecular formula is C14H19NO3S. The molecule has 0 bridgehead atoms. The van der Waals surface area contributed by atoms with Crippen molar-refractivity contribution < 1.29 is 14.7 Å². The van der Waals surface area contributed by atoms with E-state index < -0.39 is 12.0 Å². The first-order chi connectivity index (χ1) is 9.02. The number of carboxylic acid groups (broad SMARTS) is 1. The fraction of sp³-hybridized carbons (Fsp3) is 0.429. The van der Waals surface area contributed by atoms with Crippen LogP contribution in [0.5, 0.6) is 0 Å². The summed E-state index contributed by atoms with van der Waals surface area (Å²) in [4.78, 5) is 25.0. The summed E-state index contributed by atoms with van der Waals surface area (Å²) < 4.78 is 0. The van der Waals surface area contributed by atoms with Gasteiger partial charge >= 0.3 is 5.97 Å². The van der Waals surface area contributed by atoms with Crippen molar-refractivity contribution in [3.63, 3.8) is 0 Å². The van der Waals surface area contributed by atoms with E-state index in [1.807, 2.05) is 30.3 Å². The van der Waals surface area contributed by atoms with Crippen LogP contribution in [0.2, 0.25) is 0 Å². The molecule has 0 saturated carbocycles. The molecule has 4 nitrogen and oxygen atoms in total. The van der Waals surface area contributed by atoms with Crippen molar-refractivity contribution in [2.75, 3.05) is 12.8 Å². The minimum atomic E-state index is -0.977. The Hall–Kier alpha value is -1.49. The van der Waals surface area contributed by atoms with E-state index in [0.29, 0.717) is 6.42 Å². The zero-order chi connectivity index (χ0) is 14.3. The van der Waals surface area contributed by atoms with Crippen molar-refractivity contribution in [1.29, 1.82) is 0 Å². The molecule has 0 fully saturated rings. The van der Waals surface area contributed by atoms with Gasteiger partial charge in [-0.05, 0) is 31.2 Å². The van der Waals surface area contributed by atoms with E-state index in [9.17, 15) is 9.59 Å². The number of hydrogen-bond acceptors (Lipinski definition) is 3. The van der Waals surface area contributed by atoms with Gasteiger partial charge in [0.2, 0.25) is 5.91 Å². The molecule has 1 unspecified atom stereocenters. The first-order valence-corrected chi connectivity index (χ1v) is 7.17. The molecule has 1 amide bonds. The number of aliphatic carboxylic acids is 1. The monoisotopic (exact) mass is 281 g/mol. The predicted molar refractivity (Wildman–Crippen MR) is 76.3 cm³/mol. The van der Waals surface area contributed by atoms with E-state index in [-0.39, 0.29) is 5.91 Å². The lowest BCUT2D eigenvalue weighted by Gasteiger charge is -2.21. The Balaban J connectivity index is 2.26. The maximum atomic E-state index is 11.8. The summed E-state index contributed by atoms with van der Waals surface area (Å²) >= 11 is 1.70. The van der Waals surface area contributed by atoms with Crippen molar-refractivity contribution in [2.24, 2.45) is 0 Å². The minimum absolute atomic E-state index is 0.122. The number of thioether (sulfide) groups is 1. The summed E-state index contributed by atoms with van der Waals surface area (Å²) in [5.74, 6) is -0.247. The highest BCUT2D eigenvalue weighted by atomic mass is 32.2. The van der Waals surface area contributed by atoms with Crippen LogP contribution in [-0.4, -0.2) is 40.7 Å². The van der Waals surface area contributed by atoms with Gasteiger partial charge in [-0.1, -0.05) is 18.2 Å². The Morgan fingerprint density at radius 2 is 1.95 bits per heavy atom. The SMILES string of the molecule is CC(C(=O)O)N(C)C(=O)CCCSc1ccccc1. The standard InChI is InChI=1S/C14H19NO3S/c1-11(14(17)18)15(2)13(16)9-6-10-19-12-7-4-3-5-8-12/h3-5,7-8,11H,6,9-10H2,1-2H3,(H,17,18). The quantitative estimate of drug-likeness (QED) is 0.616. The summed E-state index contributed by atoms with van der Waals surface area (Å²) in [5, 5.41) is 8.82. The predicted octanol–water partition coefficient (Wildman–Crippen LogP) is 2.49. The van der Waals surface area contributed by atoms with Gasteiger partial charge in [-0.2, -0.15) is 0 Å². The van der Waals surface area contributed by atoms with Crippen LogP contribution in [-0.2, 0) is 9.59 Å². The number of rotatable bonds is 7. The van der Waals surface area contributed by atoms with Crippen molar-refractivity contribution >= 4 is 23.6 Å². The van der Waals surface area contributed by atoms with Crippen LogP contribution in [0.25, 0.3) is 0 Å². The fourth-order valence-electron chi connectivity index (χ4n) is 1.49. The van der Waals surface area contributed by atoms with E-state index in [4.69, 9.17) is 5.11 Å². The first kappa shape index (κ1) is 15.6. The number of nitrogens with zero attached hydrogens (tertiary/aromatic N) is 1. The fourth-order valence-corrected chi connectivity index (χ4v) is 2.36. The highest BCUT2D eigenvalue weighted by molar-refractivity contribution is 7.99. The third-order valence-corrected chi connectivity index (χ3v) is 3.98. The van der Waals surface area contributed by atoms with Gasteiger partial charge in [-0.15, -0.1) is 11.8 Å². The first-order valence-electron chi connectivity index (χ1n) is 6.18. The second-order valence-corrected chi connectivity index (χ2v) is 5.45. The zero-order valence-corrected chi connectivity index (χ0v) is 12.0. The summed E-state index contributed by atoms with van der Waals surface area (Å²) in [6.07, 6.45) is 1.13. The Morgan fingerprint density at radius 1 is 1.32 bits per heavy atom. The van der Waals surface area contributed by atoms with E-state index in [1.165, 1.54) is 23.8 Å². The van der Waals surface area contributed by atoms with Gasteiger partial charge in [0.05, 0.1) is 0 Å². The van der Waals surface area contributed by atoms with E-state index in [1.54, 1.807) is 11.8 Å². The van der Waals surface area contributed by atoms with Gasteiger partial charge in [0, 0.05) is 18.4 Å². The van der Waals surface area contributed by atoms with Gasteiger partial charge in [0.15, 0.2) is 0 Å². The van der Waals surface area contributed by atoms with E-state index >= 15 is 0 Å². The number of likely N-dealkylation sites (N-methyl/N-ethyl adjacent to an activating group) is 1. The minimum Gasteiger partial charge on any atom is -0.480 e. The van der Waals surface area contributed by atoms with Crippen molar-refractivity contribution in [2.45, 2.75) is 30.7 Å². The molecule has 0 heterocycles. The largest absolute Gasteiger partial charge is 0.480 e. The van der Waals surface area contributed by atoms with Crippen molar-refractivity contribution in [1.82, 2.24) is 4.90 Å². The van der Waals surface area contributed by atoms with Crippen LogP contribution >= 0.6 is 11.8 Å². The molecule has 0 aromatic heterocycles.